The molecule has 5 nitrogen and oxygen atoms in total. The minimum absolute atomic E-state index is 0.0152. The van der Waals surface area contributed by atoms with Crippen LogP contribution < -0.4 is 9.64 Å². The Kier molecular flexibility index (Phi) is 4.04. The highest BCUT2D eigenvalue weighted by Crippen LogP contribution is 2.33. The molecule has 0 saturated heterocycles. The van der Waals surface area contributed by atoms with Crippen molar-refractivity contribution in [1.29, 1.82) is 0 Å². The number of benzene rings is 1. The lowest BCUT2D eigenvalue weighted by atomic mass is 10.1. The molecule has 1 heterocycles. The summed E-state index contributed by atoms with van der Waals surface area (Å²) in [7, 11) is 1.33. The van der Waals surface area contributed by atoms with Gasteiger partial charge < -0.3 is 14.4 Å². The number of hydrogen-bond acceptors (Lipinski definition) is 4. The van der Waals surface area contributed by atoms with Crippen LogP contribution in [0, 0.1) is 0 Å². The topological polar surface area (TPSA) is 55.8 Å². The first kappa shape index (κ1) is 13.4. The Morgan fingerprint density at radius 1 is 1.47 bits per heavy atom. The van der Waals surface area contributed by atoms with E-state index in [0.29, 0.717) is 17.9 Å². The van der Waals surface area contributed by atoms with Crippen LogP contribution in [0.2, 0.25) is 0 Å². The Morgan fingerprint density at radius 3 is 2.95 bits per heavy atom. The summed E-state index contributed by atoms with van der Waals surface area (Å²) < 4.78 is 10.0. The van der Waals surface area contributed by atoms with Gasteiger partial charge in [0.15, 0.2) is 6.61 Å². The lowest BCUT2D eigenvalue weighted by Gasteiger charge is -2.29. The summed E-state index contributed by atoms with van der Waals surface area (Å²) in [5, 5.41) is 0. The van der Waals surface area contributed by atoms with Crippen LogP contribution in [-0.4, -0.2) is 32.1 Å². The summed E-state index contributed by atoms with van der Waals surface area (Å²) in [6, 6.07) is 4.99. The molecule has 0 N–H and O–H groups in total. The maximum atomic E-state index is 11.8. The first-order valence-electron chi connectivity index (χ1n) is 6.33. The molecule has 0 spiro atoms. The number of methoxy groups -OCH3 is 1. The third-order valence-corrected chi connectivity index (χ3v) is 3.06. The zero-order chi connectivity index (χ0) is 13.8. The molecule has 1 aromatic carbocycles. The van der Waals surface area contributed by atoms with Crippen molar-refractivity contribution in [2.24, 2.45) is 0 Å². The van der Waals surface area contributed by atoms with Crippen molar-refractivity contribution >= 4 is 17.6 Å². The average molecular weight is 263 g/mol. The molecular weight excluding hydrogens is 246 g/mol. The molecule has 0 unspecified atom stereocenters. The average Bonchev–Trinajstić information content (AvgIpc) is 2.45. The summed E-state index contributed by atoms with van der Waals surface area (Å²) in [6.45, 7) is 2.76. The molecule has 0 radical (unpaired) electrons. The van der Waals surface area contributed by atoms with Crippen LogP contribution >= 0.6 is 0 Å². The summed E-state index contributed by atoms with van der Waals surface area (Å²) in [6.07, 6.45) is 1.95. The standard InChI is InChI=1S/C14H17NO4/c1-3-4-7-15-11-6-5-10(14(17)18-2)8-12(11)19-9-13(15)16/h5-6,8H,3-4,7,9H2,1-2H3. The molecule has 2 rings (SSSR count). The third kappa shape index (κ3) is 2.70. The summed E-state index contributed by atoms with van der Waals surface area (Å²) in [5.74, 6) is 0.0915. The number of rotatable bonds is 4. The number of fused-ring (bicyclic) bond motifs is 1. The molecule has 5 heteroatoms. The van der Waals surface area contributed by atoms with Crippen LogP contribution in [0.1, 0.15) is 30.1 Å². The summed E-state index contributed by atoms with van der Waals surface area (Å²) in [5.41, 5.74) is 1.14. The van der Waals surface area contributed by atoms with Gasteiger partial charge in [-0.05, 0) is 24.6 Å². The van der Waals surface area contributed by atoms with Gasteiger partial charge in [0.2, 0.25) is 0 Å². The van der Waals surface area contributed by atoms with Crippen LogP contribution in [0.3, 0.4) is 0 Å². The maximum absolute atomic E-state index is 11.8. The summed E-state index contributed by atoms with van der Waals surface area (Å²) in [4.78, 5) is 25.0. The van der Waals surface area contributed by atoms with E-state index in [1.54, 1.807) is 23.1 Å². The molecule has 0 atom stereocenters. The first-order chi connectivity index (χ1) is 9.17. The minimum Gasteiger partial charge on any atom is -0.482 e. The van der Waals surface area contributed by atoms with Gasteiger partial charge >= 0.3 is 5.97 Å². The fraction of sp³-hybridized carbons (Fsp3) is 0.429. The van der Waals surface area contributed by atoms with Crippen molar-refractivity contribution in [3.63, 3.8) is 0 Å². The molecule has 0 saturated carbocycles. The van der Waals surface area contributed by atoms with Crippen molar-refractivity contribution in [3.8, 4) is 5.75 Å². The van der Waals surface area contributed by atoms with Crippen molar-refractivity contribution < 1.29 is 19.1 Å². The Labute approximate surface area is 112 Å². The third-order valence-electron chi connectivity index (χ3n) is 3.06. The minimum atomic E-state index is -0.414. The second-order valence-electron chi connectivity index (χ2n) is 4.36. The van der Waals surface area contributed by atoms with Crippen molar-refractivity contribution in [2.75, 3.05) is 25.2 Å². The highest BCUT2D eigenvalue weighted by atomic mass is 16.5. The molecule has 19 heavy (non-hydrogen) atoms. The van der Waals surface area contributed by atoms with Gasteiger partial charge in [0.1, 0.15) is 5.75 Å². The predicted octanol–water partition coefficient (Wildman–Crippen LogP) is 2.00. The van der Waals surface area contributed by atoms with E-state index in [4.69, 9.17) is 4.74 Å². The van der Waals surface area contributed by atoms with Gasteiger partial charge in [0.05, 0.1) is 18.4 Å². The second kappa shape index (κ2) is 5.73. The SMILES string of the molecule is CCCCN1C(=O)COc2cc(C(=O)OC)ccc21. The number of anilines is 1. The van der Waals surface area contributed by atoms with E-state index in [1.165, 1.54) is 7.11 Å². The van der Waals surface area contributed by atoms with E-state index in [2.05, 4.69) is 11.7 Å². The van der Waals surface area contributed by atoms with Gasteiger partial charge in [-0.3, -0.25) is 4.79 Å². The van der Waals surface area contributed by atoms with Crippen LogP contribution in [0.4, 0.5) is 5.69 Å². The van der Waals surface area contributed by atoms with E-state index in [9.17, 15) is 9.59 Å². The number of amides is 1. The number of unbranched alkanes of at least 4 members (excludes halogenated alkanes) is 1. The fourth-order valence-corrected chi connectivity index (χ4v) is 2.01. The lowest BCUT2D eigenvalue weighted by Crippen LogP contribution is -2.39. The number of hydrogen-bond donors (Lipinski definition) is 0. The molecular formula is C14H17NO4. The molecule has 1 aliphatic heterocycles. The highest BCUT2D eigenvalue weighted by molar-refractivity contribution is 5.99. The van der Waals surface area contributed by atoms with E-state index in [0.717, 1.165) is 18.5 Å². The monoisotopic (exact) mass is 263 g/mol. The molecule has 1 amide bonds. The Bertz CT molecular complexity index is 498. The van der Waals surface area contributed by atoms with Gasteiger partial charge in [-0.1, -0.05) is 13.3 Å². The molecule has 1 aliphatic rings. The summed E-state index contributed by atoms with van der Waals surface area (Å²) >= 11 is 0. The van der Waals surface area contributed by atoms with Crippen molar-refractivity contribution in [1.82, 2.24) is 0 Å². The Balaban J connectivity index is 2.30. The quantitative estimate of drug-likeness (QED) is 0.780. The lowest BCUT2D eigenvalue weighted by molar-refractivity contribution is -0.121. The second-order valence-corrected chi connectivity index (χ2v) is 4.36. The number of esters is 1. The normalized spacial score (nSPS) is 13.8. The van der Waals surface area contributed by atoms with Crippen molar-refractivity contribution in [2.45, 2.75) is 19.8 Å². The number of carbonyl (C=O) groups is 2. The number of nitrogens with zero attached hydrogens (tertiary/aromatic N) is 1. The van der Waals surface area contributed by atoms with Crippen LogP contribution in [0.25, 0.3) is 0 Å². The van der Waals surface area contributed by atoms with E-state index in [1.807, 2.05) is 0 Å². The van der Waals surface area contributed by atoms with Gasteiger partial charge in [0, 0.05) is 6.54 Å². The first-order valence-corrected chi connectivity index (χ1v) is 6.33. The smallest absolute Gasteiger partial charge is 0.337 e. The zero-order valence-corrected chi connectivity index (χ0v) is 11.1. The van der Waals surface area contributed by atoms with Crippen molar-refractivity contribution in [3.05, 3.63) is 23.8 Å². The highest BCUT2D eigenvalue weighted by Gasteiger charge is 2.25. The zero-order valence-electron chi connectivity index (χ0n) is 11.1. The van der Waals surface area contributed by atoms with E-state index in [-0.39, 0.29) is 12.5 Å². The van der Waals surface area contributed by atoms with Crippen LogP contribution in [0.5, 0.6) is 5.75 Å². The van der Waals surface area contributed by atoms with Crippen LogP contribution in [-0.2, 0) is 9.53 Å². The number of ether oxygens (including phenoxy) is 2. The molecule has 0 aliphatic carbocycles. The predicted molar refractivity (Wildman–Crippen MR) is 70.5 cm³/mol. The van der Waals surface area contributed by atoms with E-state index >= 15 is 0 Å². The molecule has 0 aromatic heterocycles. The largest absolute Gasteiger partial charge is 0.482 e. The van der Waals surface area contributed by atoms with Crippen LogP contribution in [0.15, 0.2) is 18.2 Å². The Morgan fingerprint density at radius 2 is 2.26 bits per heavy atom. The molecule has 102 valence electrons. The van der Waals surface area contributed by atoms with Gasteiger partial charge in [-0.15, -0.1) is 0 Å². The molecule has 0 bridgehead atoms. The molecule has 1 aromatic rings. The van der Waals surface area contributed by atoms with Gasteiger partial charge in [0.25, 0.3) is 5.91 Å². The van der Waals surface area contributed by atoms with Gasteiger partial charge in [-0.25, -0.2) is 4.79 Å². The van der Waals surface area contributed by atoms with E-state index < -0.39 is 5.97 Å². The Hall–Kier alpha value is -2.04. The molecule has 0 fully saturated rings. The fourth-order valence-electron chi connectivity index (χ4n) is 2.01. The maximum Gasteiger partial charge on any atom is 0.337 e. The number of carbonyl (C=O) groups excluding carboxylic acids is 2. The van der Waals surface area contributed by atoms with Gasteiger partial charge in [-0.2, -0.15) is 0 Å².